The average molecular weight is 237 g/mol. The summed E-state index contributed by atoms with van der Waals surface area (Å²) in [7, 11) is 0. The summed E-state index contributed by atoms with van der Waals surface area (Å²) in [5.74, 6) is 0. The average Bonchev–Trinajstić information content (AvgIpc) is 2.58. The fourth-order valence-corrected chi connectivity index (χ4v) is 1.41. The van der Waals surface area contributed by atoms with Gasteiger partial charge in [0.2, 0.25) is 0 Å². The van der Waals surface area contributed by atoms with Crippen LogP contribution in [0.5, 0.6) is 0 Å². The maximum atomic E-state index is 11.2. The van der Waals surface area contributed by atoms with Gasteiger partial charge in [-0.2, -0.15) is 0 Å². The van der Waals surface area contributed by atoms with Gasteiger partial charge in [-0.05, 0) is 19.1 Å². The van der Waals surface area contributed by atoms with Crippen LogP contribution in [0, 0.1) is 6.92 Å². The van der Waals surface area contributed by atoms with Crippen LogP contribution in [0.15, 0.2) is 38.6 Å². The van der Waals surface area contributed by atoms with E-state index >= 15 is 0 Å². The zero-order valence-electron chi connectivity index (χ0n) is 8.53. The number of rotatable bonds is 2. The Hall–Kier alpha value is -1.81. The summed E-state index contributed by atoms with van der Waals surface area (Å²) in [6.45, 7) is 1.73. The number of aryl methyl sites for hydroxylation is 1. The predicted molar refractivity (Wildman–Crippen MR) is 62.8 cm³/mol. The number of benzene rings is 1. The standard InChI is InChI=1S/C11H9ClN2O2/c1-7-8(11(15)16-14-7)6-13-10-5-3-2-4-9(10)12/h2-6,14H,1H3. The SMILES string of the molecule is Cc1[nH]oc(=O)c1C=Nc1ccccc1Cl. The molecule has 1 N–H and O–H groups in total. The molecule has 4 nitrogen and oxygen atoms in total. The Labute approximate surface area is 96.5 Å². The van der Waals surface area contributed by atoms with Gasteiger partial charge in [-0.25, -0.2) is 9.95 Å². The summed E-state index contributed by atoms with van der Waals surface area (Å²) in [5.41, 5.74) is 1.22. The summed E-state index contributed by atoms with van der Waals surface area (Å²) in [5, 5.41) is 3.01. The van der Waals surface area contributed by atoms with Crippen molar-refractivity contribution in [3.05, 3.63) is 51.0 Å². The van der Waals surface area contributed by atoms with Crippen LogP contribution in [0.1, 0.15) is 11.3 Å². The lowest BCUT2D eigenvalue weighted by Gasteiger charge is -1.94. The van der Waals surface area contributed by atoms with Crippen molar-refractivity contribution >= 4 is 23.5 Å². The lowest BCUT2D eigenvalue weighted by Crippen LogP contribution is -2.00. The molecule has 2 aromatic rings. The fraction of sp³-hybridized carbons (Fsp3) is 0.0909. The summed E-state index contributed by atoms with van der Waals surface area (Å²) in [6.07, 6.45) is 1.44. The summed E-state index contributed by atoms with van der Waals surface area (Å²) >= 11 is 5.92. The third-order valence-electron chi connectivity index (χ3n) is 2.11. The normalized spacial score (nSPS) is 11.1. The van der Waals surface area contributed by atoms with Crippen molar-refractivity contribution in [2.45, 2.75) is 6.92 Å². The molecule has 0 atom stereocenters. The van der Waals surface area contributed by atoms with Crippen molar-refractivity contribution in [1.82, 2.24) is 5.16 Å². The molecule has 82 valence electrons. The molecule has 0 amide bonds. The molecular weight excluding hydrogens is 228 g/mol. The minimum atomic E-state index is -0.437. The summed E-state index contributed by atoms with van der Waals surface area (Å²) in [4.78, 5) is 15.4. The van der Waals surface area contributed by atoms with Crippen LogP contribution in [0.4, 0.5) is 5.69 Å². The van der Waals surface area contributed by atoms with Crippen LogP contribution < -0.4 is 5.63 Å². The van der Waals surface area contributed by atoms with Crippen molar-refractivity contribution in [2.24, 2.45) is 4.99 Å². The van der Waals surface area contributed by atoms with Crippen LogP contribution in [0.25, 0.3) is 0 Å². The minimum absolute atomic E-state index is 0.403. The van der Waals surface area contributed by atoms with Gasteiger partial charge in [0, 0.05) is 6.21 Å². The zero-order chi connectivity index (χ0) is 11.5. The van der Waals surface area contributed by atoms with Crippen molar-refractivity contribution in [3.8, 4) is 0 Å². The Morgan fingerprint density at radius 1 is 1.44 bits per heavy atom. The highest BCUT2D eigenvalue weighted by atomic mass is 35.5. The van der Waals surface area contributed by atoms with Crippen LogP contribution in [0.2, 0.25) is 5.02 Å². The molecule has 0 fully saturated rings. The quantitative estimate of drug-likeness (QED) is 0.815. The highest BCUT2D eigenvalue weighted by Crippen LogP contribution is 2.23. The van der Waals surface area contributed by atoms with Crippen molar-refractivity contribution in [2.75, 3.05) is 0 Å². The molecule has 16 heavy (non-hydrogen) atoms. The van der Waals surface area contributed by atoms with Gasteiger partial charge < -0.3 is 4.52 Å². The van der Waals surface area contributed by atoms with Crippen LogP contribution in [-0.2, 0) is 0 Å². The number of halogens is 1. The van der Waals surface area contributed by atoms with Gasteiger partial charge in [0.1, 0.15) is 5.56 Å². The molecule has 0 aliphatic rings. The van der Waals surface area contributed by atoms with Crippen molar-refractivity contribution in [1.29, 1.82) is 0 Å². The number of nitrogens with zero attached hydrogens (tertiary/aromatic N) is 1. The predicted octanol–water partition coefficient (Wildman–Crippen LogP) is 2.68. The molecule has 1 aromatic carbocycles. The van der Waals surface area contributed by atoms with E-state index < -0.39 is 5.63 Å². The Morgan fingerprint density at radius 2 is 2.19 bits per heavy atom. The van der Waals surface area contributed by atoms with E-state index in [1.807, 2.05) is 12.1 Å². The molecule has 0 saturated carbocycles. The monoisotopic (exact) mass is 236 g/mol. The molecule has 0 saturated heterocycles. The summed E-state index contributed by atoms with van der Waals surface area (Å²) < 4.78 is 4.61. The Morgan fingerprint density at radius 3 is 2.81 bits per heavy atom. The van der Waals surface area contributed by atoms with E-state index in [2.05, 4.69) is 14.7 Å². The van der Waals surface area contributed by atoms with E-state index in [9.17, 15) is 4.79 Å². The van der Waals surface area contributed by atoms with Crippen molar-refractivity contribution < 1.29 is 4.52 Å². The molecule has 0 unspecified atom stereocenters. The molecule has 1 heterocycles. The second-order valence-corrected chi connectivity index (χ2v) is 3.65. The number of aromatic amines is 1. The molecule has 0 aliphatic carbocycles. The molecule has 2 rings (SSSR count). The fourth-order valence-electron chi connectivity index (χ4n) is 1.23. The van der Waals surface area contributed by atoms with E-state index in [0.717, 1.165) is 0 Å². The number of aliphatic imine (C=N–C) groups is 1. The molecule has 1 aromatic heterocycles. The number of aromatic nitrogens is 1. The minimum Gasteiger partial charge on any atom is -0.338 e. The van der Waals surface area contributed by atoms with Crippen LogP contribution in [-0.4, -0.2) is 11.4 Å². The Kier molecular flexibility index (Phi) is 2.92. The van der Waals surface area contributed by atoms with Gasteiger partial charge in [0.05, 0.1) is 16.4 Å². The lowest BCUT2D eigenvalue weighted by molar-refractivity contribution is 0.387. The molecule has 0 radical (unpaired) electrons. The maximum Gasteiger partial charge on any atom is 0.366 e. The molecule has 0 bridgehead atoms. The first kappa shape index (κ1) is 10.7. The van der Waals surface area contributed by atoms with Gasteiger partial charge in [-0.1, -0.05) is 23.7 Å². The largest absolute Gasteiger partial charge is 0.366 e. The highest BCUT2D eigenvalue weighted by Gasteiger charge is 2.05. The topological polar surface area (TPSA) is 58.4 Å². The molecular formula is C11H9ClN2O2. The first-order valence-electron chi connectivity index (χ1n) is 4.65. The maximum absolute atomic E-state index is 11.2. The smallest absolute Gasteiger partial charge is 0.338 e. The van der Waals surface area contributed by atoms with E-state index in [0.29, 0.717) is 22.0 Å². The number of H-pyrrole nitrogens is 1. The third-order valence-corrected chi connectivity index (χ3v) is 2.43. The van der Waals surface area contributed by atoms with Crippen molar-refractivity contribution in [3.63, 3.8) is 0 Å². The first-order valence-corrected chi connectivity index (χ1v) is 5.03. The third kappa shape index (κ3) is 2.06. The number of para-hydroxylation sites is 1. The van der Waals surface area contributed by atoms with Crippen LogP contribution >= 0.6 is 11.6 Å². The van der Waals surface area contributed by atoms with Crippen LogP contribution in [0.3, 0.4) is 0 Å². The Bertz CT molecular complexity index is 584. The Balaban J connectivity index is 2.36. The lowest BCUT2D eigenvalue weighted by atomic mass is 10.3. The number of nitrogens with one attached hydrogen (secondary N) is 1. The van der Waals surface area contributed by atoms with Gasteiger partial charge in [0.15, 0.2) is 0 Å². The molecule has 0 aliphatic heterocycles. The highest BCUT2D eigenvalue weighted by molar-refractivity contribution is 6.33. The zero-order valence-corrected chi connectivity index (χ0v) is 9.28. The first-order chi connectivity index (χ1) is 7.68. The van der Waals surface area contributed by atoms with E-state index in [1.54, 1.807) is 19.1 Å². The molecule has 5 heteroatoms. The van der Waals surface area contributed by atoms with Gasteiger partial charge in [-0.3, -0.25) is 4.99 Å². The number of hydrogen-bond donors (Lipinski definition) is 1. The molecule has 0 spiro atoms. The second kappa shape index (κ2) is 4.37. The second-order valence-electron chi connectivity index (χ2n) is 3.24. The summed E-state index contributed by atoms with van der Waals surface area (Å²) in [6, 6.07) is 7.14. The van der Waals surface area contributed by atoms with Gasteiger partial charge in [-0.15, -0.1) is 0 Å². The van der Waals surface area contributed by atoms with E-state index in [4.69, 9.17) is 11.6 Å². The van der Waals surface area contributed by atoms with E-state index in [1.165, 1.54) is 6.21 Å². The number of hydrogen-bond acceptors (Lipinski definition) is 3. The van der Waals surface area contributed by atoms with E-state index in [-0.39, 0.29) is 0 Å². The van der Waals surface area contributed by atoms with Gasteiger partial charge in [0.25, 0.3) is 0 Å². The van der Waals surface area contributed by atoms with Gasteiger partial charge >= 0.3 is 5.63 Å².